The van der Waals surface area contributed by atoms with Gasteiger partial charge in [0.05, 0.1) is 0 Å². The van der Waals surface area contributed by atoms with E-state index in [9.17, 15) is 4.79 Å². The van der Waals surface area contributed by atoms with E-state index in [1.165, 1.54) is 10.8 Å². The number of allylic oxidation sites excluding steroid dienone is 1. The smallest absolute Gasteiger partial charge is 0.193 e. The first-order valence-corrected chi connectivity index (χ1v) is 8.37. The van der Waals surface area contributed by atoms with Gasteiger partial charge in [0.1, 0.15) is 9.52 Å². The molecule has 0 N–H and O–H groups in total. The average molecular weight is 307 g/mol. The van der Waals surface area contributed by atoms with Crippen LogP contribution in [-0.4, -0.2) is 29.4 Å². The van der Waals surface area contributed by atoms with Crippen LogP contribution in [0, 0.1) is 0 Å². The van der Waals surface area contributed by atoms with Crippen molar-refractivity contribution in [1.82, 2.24) is 0 Å². The summed E-state index contributed by atoms with van der Waals surface area (Å²) in [5, 5.41) is 1.25. The fourth-order valence-corrected chi connectivity index (χ4v) is 2.84. The highest BCUT2D eigenvalue weighted by Crippen LogP contribution is 2.15. The second-order valence-corrected chi connectivity index (χ2v) is 6.87. The Kier molecular flexibility index (Phi) is 5.34. The van der Waals surface area contributed by atoms with E-state index in [4.69, 9.17) is 0 Å². The summed E-state index contributed by atoms with van der Waals surface area (Å²) in [6.07, 6.45) is 0. The summed E-state index contributed by atoms with van der Waals surface area (Å²) in [7, 11) is 4.64. The number of benzene rings is 2. The summed E-state index contributed by atoms with van der Waals surface area (Å²) < 4.78 is 0. The van der Waals surface area contributed by atoms with Crippen molar-refractivity contribution in [1.29, 1.82) is 0 Å². The largest absolute Gasteiger partial charge is 0.378 e. The van der Waals surface area contributed by atoms with Crippen molar-refractivity contribution in [2.45, 2.75) is 13.8 Å². The van der Waals surface area contributed by atoms with Crippen molar-refractivity contribution >= 4 is 26.2 Å². The molecular weight excluding hydrogens is 286 g/mol. The molecule has 22 heavy (non-hydrogen) atoms. The van der Waals surface area contributed by atoms with Crippen molar-refractivity contribution in [3.05, 3.63) is 70.9 Å². The molecule has 2 radical (unpaired) electrons. The molecule has 0 saturated carbocycles. The van der Waals surface area contributed by atoms with Gasteiger partial charge in [0.2, 0.25) is 0 Å². The molecule has 2 rings (SSSR count). The van der Waals surface area contributed by atoms with Gasteiger partial charge in [-0.25, -0.2) is 0 Å². The first-order chi connectivity index (χ1) is 10.5. The van der Waals surface area contributed by atoms with Gasteiger partial charge >= 0.3 is 0 Å². The summed E-state index contributed by atoms with van der Waals surface area (Å²) in [5.74, 6) is 0.0717. The van der Waals surface area contributed by atoms with Gasteiger partial charge in [0, 0.05) is 30.9 Å². The number of nitrogens with zero attached hydrogens (tertiary/aromatic N) is 1. The van der Waals surface area contributed by atoms with Crippen LogP contribution in [0.15, 0.2) is 59.8 Å². The Morgan fingerprint density at radius 2 is 1.41 bits per heavy atom. The number of rotatable bonds is 5. The van der Waals surface area contributed by atoms with Crippen LogP contribution in [0.2, 0.25) is 0 Å². The molecule has 2 aromatic carbocycles. The molecule has 0 heterocycles. The Balaban J connectivity index is 2.13. The highest BCUT2D eigenvalue weighted by atomic mass is 28.2. The van der Waals surface area contributed by atoms with Crippen LogP contribution in [0.3, 0.4) is 0 Å². The second kappa shape index (κ2) is 7.23. The van der Waals surface area contributed by atoms with E-state index in [2.05, 4.69) is 19.5 Å². The minimum atomic E-state index is 0.0717. The van der Waals surface area contributed by atoms with Gasteiger partial charge in [-0.15, -0.1) is 0 Å². The monoisotopic (exact) mass is 307 g/mol. The molecular formula is C19H21NOSi. The number of hydrogen-bond donors (Lipinski definition) is 0. The zero-order valence-corrected chi connectivity index (χ0v) is 14.6. The summed E-state index contributed by atoms with van der Waals surface area (Å²) in [6.45, 7) is 4.20. The standard InChI is InChI=1S/C19H21NOSi/c1-14(2)13-22-18-11-7-16(8-12-18)19(21)15-5-9-17(10-6-15)20(3)4/h5-13H,1-4H3. The van der Waals surface area contributed by atoms with Gasteiger partial charge in [-0.1, -0.05) is 40.7 Å². The fourth-order valence-electron chi connectivity index (χ4n) is 2.02. The van der Waals surface area contributed by atoms with E-state index >= 15 is 0 Å². The van der Waals surface area contributed by atoms with Gasteiger partial charge in [-0.2, -0.15) is 0 Å². The van der Waals surface area contributed by atoms with E-state index in [1.807, 2.05) is 67.5 Å². The molecule has 0 spiro atoms. The first-order valence-electron chi connectivity index (χ1n) is 7.29. The summed E-state index contributed by atoms with van der Waals surface area (Å²) in [5.41, 5.74) is 6.10. The first kappa shape index (κ1) is 16.2. The number of carbonyl (C=O) groups excluding carboxylic acids is 1. The maximum absolute atomic E-state index is 12.5. The minimum absolute atomic E-state index is 0.0717. The quantitative estimate of drug-likeness (QED) is 0.624. The van der Waals surface area contributed by atoms with Gasteiger partial charge in [0.25, 0.3) is 0 Å². The van der Waals surface area contributed by atoms with Crippen molar-refractivity contribution < 1.29 is 4.79 Å². The number of ketones is 1. The van der Waals surface area contributed by atoms with Gasteiger partial charge < -0.3 is 4.90 Å². The lowest BCUT2D eigenvalue weighted by Crippen LogP contribution is -2.13. The Morgan fingerprint density at radius 1 is 0.909 bits per heavy atom. The lowest BCUT2D eigenvalue weighted by atomic mass is 10.0. The molecule has 0 aliphatic heterocycles. The highest BCUT2D eigenvalue weighted by molar-refractivity contribution is 6.58. The van der Waals surface area contributed by atoms with Crippen LogP contribution in [0.4, 0.5) is 5.69 Å². The second-order valence-electron chi connectivity index (χ2n) is 5.71. The van der Waals surface area contributed by atoms with Crippen LogP contribution >= 0.6 is 0 Å². The van der Waals surface area contributed by atoms with Crippen LogP contribution in [-0.2, 0) is 0 Å². The average Bonchev–Trinajstić information content (AvgIpc) is 2.53. The van der Waals surface area contributed by atoms with Crippen molar-refractivity contribution in [3.8, 4) is 0 Å². The highest BCUT2D eigenvalue weighted by Gasteiger charge is 2.09. The zero-order valence-electron chi connectivity index (χ0n) is 13.6. The van der Waals surface area contributed by atoms with E-state index in [1.54, 1.807) is 0 Å². The third-order valence-electron chi connectivity index (χ3n) is 3.32. The normalized spacial score (nSPS) is 10.2. The summed E-state index contributed by atoms with van der Waals surface area (Å²) in [4.78, 5) is 14.5. The molecule has 0 atom stereocenters. The Bertz CT molecular complexity index is 666. The van der Waals surface area contributed by atoms with Gasteiger partial charge in [-0.3, -0.25) is 4.79 Å². The van der Waals surface area contributed by atoms with E-state index in [0.29, 0.717) is 9.52 Å². The van der Waals surface area contributed by atoms with E-state index in [0.717, 1.165) is 16.8 Å². The molecule has 0 unspecified atom stereocenters. The predicted molar refractivity (Wildman–Crippen MR) is 95.5 cm³/mol. The minimum Gasteiger partial charge on any atom is -0.378 e. The maximum atomic E-state index is 12.5. The molecule has 2 aromatic rings. The summed E-state index contributed by atoms with van der Waals surface area (Å²) in [6, 6.07) is 15.6. The Hall–Kier alpha value is -2.13. The molecule has 0 fully saturated rings. The molecule has 0 aromatic heterocycles. The fraction of sp³-hybridized carbons (Fsp3) is 0.211. The number of anilines is 1. The SMILES string of the molecule is CC(C)=C[Si]c1ccc(C(=O)c2ccc(N(C)C)cc2)cc1. The molecule has 0 bridgehead atoms. The zero-order chi connectivity index (χ0) is 16.1. The van der Waals surface area contributed by atoms with Gasteiger partial charge in [0.15, 0.2) is 5.78 Å². The third-order valence-corrected chi connectivity index (χ3v) is 4.71. The molecule has 112 valence electrons. The lowest BCUT2D eigenvalue weighted by Gasteiger charge is -2.12. The maximum Gasteiger partial charge on any atom is 0.193 e. The molecule has 0 aliphatic carbocycles. The predicted octanol–water partition coefficient (Wildman–Crippen LogP) is 3.24. The lowest BCUT2D eigenvalue weighted by molar-refractivity contribution is 0.103. The Labute approximate surface area is 135 Å². The summed E-state index contributed by atoms with van der Waals surface area (Å²) >= 11 is 0. The van der Waals surface area contributed by atoms with Crippen LogP contribution < -0.4 is 10.1 Å². The van der Waals surface area contributed by atoms with Crippen LogP contribution in [0.5, 0.6) is 0 Å². The third kappa shape index (κ3) is 4.18. The molecule has 0 saturated heterocycles. The molecule has 3 heteroatoms. The van der Waals surface area contributed by atoms with E-state index in [-0.39, 0.29) is 5.78 Å². The van der Waals surface area contributed by atoms with E-state index < -0.39 is 0 Å². The topological polar surface area (TPSA) is 20.3 Å². The van der Waals surface area contributed by atoms with Crippen LogP contribution in [0.1, 0.15) is 29.8 Å². The molecule has 0 aliphatic rings. The molecule has 2 nitrogen and oxygen atoms in total. The number of hydrogen-bond acceptors (Lipinski definition) is 2. The Morgan fingerprint density at radius 3 is 1.86 bits per heavy atom. The number of carbonyl (C=O) groups is 1. The van der Waals surface area contributed by atoms with Crippen LogP contribution in [0.25, 0.3) is 0 Å². The van der Waals surface area contributed by atoms with Crippen molar-refractivity contribution in [3.63, 3.8) is 0 Å². The van der Waals surface area contributed by atoms with Gasteiger partial charge in [-0.05, 0) is 38.1 Å². The molecule has 0 amide bonds. The van der Waals surface area contributed by atoms with Crippen molar-refractivity contribution in [2.75, 3.05) is 19.0 Å². The van der Waals surface area contributed by atoms with Crippen molar-refractivity contribution in [2.24, 2.45) is 0 Å².